The second-order valence-corrected chi connectivity index (χ2v) is 18.6. The molecule has 0 radical (unpaired) electrons. The van der Waals surface area contributed by atoms with Crippen LogP contribution in [0.1, 0.15) is 47.8 Å². The van der Waals surface area contributed by atoms with Crippen LogP contribution in [0.25, 0.3) is 72.3 Å². The largest absolute Gasteiger partial charge is 0.456 e. The smallest absolute Gasteiger partial charge is 0.137 e. The summed E-state index contributed by atoms with van der Waals surface area (Å²) >= 11 is 0. The maximum Gasteiger partial charge on any atom is 0.137 e. The number of hydrogen-bond donors (Lipinski definition) is 0. The number of allylic oxidation sites excluding steroid dienone is 5. The van der Waals surface area contributed by atoms with Gasteiger partial charge in [-0.1, -0.05) is 207 Å². The predicted molar refractivity (Wildman–Crippen MR) is 285 cm³/mol. The van der Waals surface area contributed by atoms with Crippen LogP contribution in [0, 0.1) is 5.92 Å². The summed E-state index contributed by atoms with van der Waals surface area (Å²) in [4.78, 5) is 2.49. The number of rotatable bonds is 8. The fourth-order valence-electron chi connectivity index (χ4n) is 11.8. The summed E-state index contributed by atoms with van der Waals surface area (Å²) in [5, 5.41) is 3.63. The fraction of sp³-hybridized carbons (Fsp3) is 0.0909. The van der Waals surface area contributed by atoms with Gasteiger partial charge in [0.1, 0.15) is 11.3 Å². The first-order valence-corrected chi connectivity index (χ1v) is 24.1. The molecule has 3 aliphatic carbocycles. The Hall–Kier alpha value is -8.20. The van der Waals surface area contributed by atoms with E-state index in [0.29, 0.717) is 5.92 Å². The Morgan fingerprint density at radius 2 is 1.18 bits per heavy atom. The summed E-state index contributed by atoms with van der Waals surface area (Å²) in [7, 11) is 0. The summed E-state index contributed by atoms with van der Waals surface area (Å²) in [6, 6.07) is 76.4. The standard InChI is InChI=1S/C66H49NO/c1-44-37-39-48(40-38-44)66(47-23-6-3-7-24-47)58-32-12-8-28-57(58)65-56(31-18-33-59(65)66)52-26-10-14-35-61(52)67(49-41-42-54-53-27-11-15-36-62(53)68-63(54)43-49)60-34-13-9-25-51(60)55-30-17-22-46-21-16-29-50(64(46)55)45-19-4-2-5-20-45/h2-10,12-26,28-37,39-44H,11,27,38H2,1H3. The molecule has 0 N–H and O–H groups in total. The van der Waals surface area contributed by atoms with E-state index in [1.54, 1.807) is 0 Å². The van der Waals surface area contributed by atoms with Crippen molar-refractivity contribution >= 4 is 44.9 Å². The van der Waals surface area contributed by atoms with Crippen LogP contribution in [-0.2, 0) is 11.8 Å². The zero-order valence-corrected chi connectivity index (χ0v) is 38.1. The molecule has 1 heterocycles. The van der Waals surface area contributed by atoms with Gasteiger partial charge in [-0.3, -0.25) is 0 Å². The lowest BCUT2D eigenvalue weighted by Crippen LogP contribution is -2.29. The molecule has 10 aromatic rings. The van der Waals surface area contributed by atoms with Gasteiger partial charge in [-0.05, 0) is 122 Å². The van der Waals surface area contributed by atoms with Crippen molar-refractivity contribution in [3.63, 3.8) is 0 Å². The maximum atomic E-state index is 6.71. The quantitative estimate of drug-likeness (QED) is 0.151. The van der Waals surface area contributed by atoms with E-state index in [9.17, 15) is 0 Å². The molecule has 0 bridgehead atoms. The molecule has 1 aromatic heterocycles. The Bertz CT molecular complexity index is 3680. The highest BCUT2D eigenvalue weighted by molar-refractivity contribution is 6.10. The van der Waals surface area contributed by atoms with Crippen LogP contribution in [-0.4, -0.2) is 0 Å². The Morgan fingerprint density at radius 3 is 1.94 bits per heavy atom. The van der Waals surface area contributed by atoms with Gasteiger partial charge in [0, 0.05) is 33.8 Å². The van der Waals surface area contributed by atoms with Crippen LogP contribution in [0.2, 0.25) is 0 Å². The fourth-order valence-corrected chi connectivity index (χ4v) is 11.8. The van der Waals surface area contributed by atoms with Crippen LogP contribution in [0.15, 0.2) is 241 Å². The van der Waals surface area contributed by atoms with Crippen molar-refractivity contribution in [1.82, 2.24) is 0 Å². The van der Waals surface area contributed by atoms with Crippen molar-refractivity contribution in [3.05, 3.63) is 264 Å². The number of furan rings is 1. The molecule has 0 aliphatic heterocycles. The van der Waals surface area contributed by atoms with Crippen molar-refractivity contribution in [1.29, 1.82) is 0 Å². The van der Waals surface area contributed by atoms with E-state index in [0.717, 1.165) is 58.8 Å². The number of aryl methyl sites for hydroxylation is 1. The topological polar surface area (TPSA) is 16.4 Å². The highest BCUT2D eigenvalue weighted by Crippen LogP contribution is 2.60. The van der Waals surface area contributed by atoms with Gasteiger partial charge >= 0.3 is 0 Å². The highest BCUT2D eigenvalue weighted by atomic mass is 16.3. The molecule has 2 atom stereocenters. The second-order valence-electron chi connectivity index (χ2n) is 18.6. The molecule has 0 saturated heterocycles. The summed E-state index contributed by atoms with van der Waals surface area (Å²) in [6.07, 6.45) is 14.7. The first kappa shape index (κ1) is 40.1. The molecule has 324 valence electrons. The average Bonchev–Trinajstić information content (AvgIpc) is 3.93. The SMILES string of the molecule is CC1C=CC(C2(c3ccccc3)c3ccccc3-c3c(-c4ccccc4N(c4ccc5c6c(oc5c4)C=CCC6)c4ccccc4-c4cccc5cccc(-c6ccccc6)c45)cccc32)=CC1. The monoisotopic (exact) mass is 871 g/mol. The van der Waals surface area contributed by atoms with Crippen molar-refractivity contribution in [2.24, 2.45) is 5.92 Å². The molecule has 0 spiro atoms. The normalized spacial score (nSPS) is 16.9. The molecule has 2 heteroatoms. The third-order valence-electron chi connectivity index (χ3n) is 14.8. The molecular formula is C66H49NO. The number of anilines is 3. The summed E-state index contributed by atoms with van der Waals surface area (Å²) < 4.78 is 6.71. The minimum Gasteiger partial charge on any atom is -0.456 e. The second kappa shape index (κ2) is 16.3. The van der Waals surface area contributed by atoms with Gasteiger partial charge in [0.15, 0.2) is 0 Å². The average molecular weight is 872 g/mol. The highest BCUT2D eigenvalue weighted by Gasteiger charge is 2.48. The van der Waals surface area contributed by atoms with E-state index in [2.05, 4.69) is 248 Å². The van der Waals surface area contributed by atoms with E-state index in [-0.39, 0.29) is 0 Å². The Morgan fingerprint density at radius 1 is 0.544 bits per heavy atom. The number of nitrogens with zero attached hydrogens (tertiary/aromatic N) is 1. The molecule has 3 aliphatic rings. The van der Waals surface area contributed by atoms with Crippen LogP contribution < -0.4 is 4.90 Å². The van der Waals surface area contributed by atoms with Crippen LogP contribution >= 0.6 is 0 Å². The minimum atomic E-state index is -0.482. The van der Waals surface area contributed by atoms with Crippen LogP contribution in [0.5, 0.6) is 0 Å². The van der Waals surface area contributed by atoms with E-state index < -0.39 is 5.41 Å². The molecule has 2 unspecified atom stereocenters. The van der Waals surface area contributed by atoms with Crippen molar-refractivity contribution in [2.45, 2.75) is 31.6 Å². The van der Waals surface area contributed by atoms with Gasteiger partial charge in [-0.25, -0.2) is 0 Å². The van der Waals surface area contributed by atoms with Gasteiger partial charge in [0.2, 0.25) is 0 Å². The lowest BCUT2D eigenvalue weighted by atomic mass is 9.65. The molecule has 0 amide bonds. The summed E-state index contributed by atoms with van der Waals surface area (Å²) in [6.45, 7) is 2.31. The van der Waals surface area contributed by atoms with Gasteiger partial charge in [-0.2, -0.15) is 0 Å². The van der Waals surface area contributed by atoms with Gasteiger partial charge in [0.05, 0.1) is 16.8 Å². The molecule has 0 fully saturated rings. The molecular weight excluding hydrogens is 823 g/mol. The summed E-state index contributed by atoms with van der Waals surface area (Å²) in [5.41, 5.74) is 19.9. The molecule has 68 heavy (non-hydrogen) atoms. The number of benzene rings is 9. The van der Waals surface area contributed by atoms with Gasteiger partial charge in [0.25, 0.3) is 0 Å². The zero-order valence-electron chi connectivity index (χ0n) is 38.1. The maximum absolute atomic E-state index is 6.71. The Balaban J connectivity index is 1.08. The molecule has 9 aromatic carbocycles. The van der Waals surface area contributed by atoms with Gasteiger partial charge in [-0.15, -0.1) is 0 Å². The van der Waals surface area contributed by atoms with E-state index in [1.165, 1.54) is 77.4 Å². The van der Waals surface area contributed by atoms with Crippen molar-refractivity contribution < 1.29 is 4.42 Å². The van der Waals surface area contributed by atoms with E-state index in [1.807, 2.05) is 0 Å². The minimum absolute atomic E-state index is 0.482. The van der Waals surface area contributed by atoms with E-state index >= 15 is 0 Å². The lowest BCUT2D eigenvalue weighted by molar-refractivity contribution is 0.595. The van der Waals surface area contributed by atoms with Crippen LogP contribution in [0.3, 0.4) is 0 Å². The predicted octanol–water partition coefficient (Wildman–Crippen LogP) is 17.9. The number of fused-ring (bicyclic) bond motifs is 7. The third kappa shape index (κ3) is 6.25. The van der Waals surface area contributed by atoms with Gasteiger partial charge < -0.3 is 9.32 Å². The lowest BCUT2D eigenvalue weighted by Gasteiger charge is -2.36. The Kier molecular flexibility index (Phi) is 9.61. The summed E-state index contributed by atoms with van der Waals surface area (Å²) in [5.74, 6) is 1.47. The van der Waals surface area contributed by atoms with Crippen molar-refractivity contribution in [2.75, 3.05) is 4.90 Å². The number of hydrogen-bond acceptors (Lipinski definition) is 2. The molecule has 2 nitrogen and oxygen atoms in total. The zero-order chi connectivity index (χ0) is 45.2. The molecule has 0 saturated carbocycles. The van der Waals surface area contributed by atoms with Crippen LogP contribution in [0.4, 0.5) is 17.1 Å². The number of para-hydroxylation sites is 2. The van der Waals surface area contributed by atoms with E-state index in [4.69, 9.17) is 4.42 Å². The Labute approximate surface area is 398 Å². The van der Waals surface area contributed by atoms with Crippen molar-refractivity contribution in [3.8, 4) is 44.5 Å². The third-order valence-corrected chi connectivity index (χ3v) is 14.8. The molecule has 13 rings (SSSR count). The first-order chi connectivity index (χ1) is 33.7. The first-order valence-electron chi connectivity index (χ1n) is 24.1.